The van der Waals surface area contributed by atoms with Crippen LogP contribution in [0, 0.1) is 6.92 Å². The second-order valence-electron chi connectivity index (χ2n) is 7.77. The molecular formula is C20H25F2N3O3. The Hall–Kier alpha value is -2.35. The minimum Gasteiger partial charge on any atom is -0.327 e. The maximum absolute atomic E-state index is 12.4. The second kappa shape index (κ2) is 7.95. The van der Waals surface area contributed by atoms with Gasteiger partial charge in [-0.15, -0.1) is 0 Å². The summed E-state index contributed by atoms with van der Waals surface area (Å²) in [6.07, 6.45) is 1.94. The number of carbonyl (C=O) groups excluding carboxylic acids is 3. The molecule has 0 spiro atoms. The fraction of sp³-hybridized carbons (Fsp3) is 0.550. The summed E-state index contributed by atoms with van der Waals surface area (Å²) in [5.41, 5.74) is 8.04. The maximum Gasteiger partial charge on any atom is 0.255 e. The summed E-state index contributed by atoms with van der Waals surface area (Å²) in [6.45, 7) is 2.42. The number of nitrogens with one attached hydrogen (secondary N) is 1. The Balaban J connectivity index is 0.000000211. The zero-order chi connectivity index (χ0) is 20.5. The largest absolute Gasteiger partial charge is 0.327 e. The number of alkyl halides is 2. The molecule has 2 aliphatic heterocycles. The van der Waals surface area contributed by atoms with Crippen molar-refractivity contribution in [3.63, 3.8) is 0 Å². The lowest BCUT2D eigenvalue weighted by molar-refractivity contribution is -0.136. The van der Waals surface area contributed by atoms with Crippen molar-refractivity contribution in [2.75, 3.05) is 0 Å². The molecule has 0 bridgehead atoms. The van der Waals surface area contributed by atoms with E-state index in [9.17, 15) is 23.2 Å². The number of amides is 3. The summed E-state index contributed by atoms with van der Waals surface area (Å²) in [6, 6.07) is 4.87. The molecule has 28 heavy (non-hydrogen) atoms. The SMILES string of the molecule is Cc1ccc2c(c1)CN(C1CCC(=O)NC1=O)C2=O.NC1CCCC(F)(F)C1. The lowest BCUT2D eigenvalue weighted by Gasteiger charge is -2.29. The fourth-order valence-electron chi connectivity index (χ4n) is 3.91. The molecule has 0 radical (unpaired) electrons. The van der Waals surface area contributed by atoms with Gasteiger partial charge in [-0.05, 0) is 37.8 Å². The number of hydrogen-bond acceptors (Lipinski definition) is 4. The van der Waals surface area contributed by atoms with Crippen LogP contribution in [0.1, 0.15) is 60.0 Å². The van der Waals surface area contributed by atoms with Crippen molar-refractivity contribution in [2.45, 2.75) is 70.0 Å². The van der Waals surface area contributed by atoms with E-state index in [2.05, 4.69) is 5.32 Å². The van der Waals surface area contributed by atoms with Crippen molar-refractivity contribution >= 4 is 17.7 Å². The van der Waals surface area contributed by atoms with E-state index in [1.165, 1.54) is 0 Å². The molecule has 3 aliphatic rings. The first-order valence-corrected chi connectivity index (χ1v) is 9.54. The molecule has 2 heterocycles. The van der Waals surface area contributed by atoms with Gasteiger partial charge in [0.2, 0.25) is 17.7 Å². The van der Waals surface area contributed by atoms with E-state index in [-0.39, 0.29) is 43.0 Å². The number of halogens is 2. The van der Waals surface area contributed by atoms with Gasteiger partial charge >= 0.3 is 0 Å². The highest BCUT2D eigenvalue weighted by molar-refractivity contribution is 6.05. The summed E-state index contributed by atoms with van der Waals surface area (Å²) < 4.78 is 24.7. The summed E-state index contributed by atoms with van der Waals surface area (Å²) in [4.78, 5) is 36.8. The Kier molecular flexibility index (Phi) is 5.79. The summed E-state index contributed by atoms with van der Waals surface area (Å²) in [5, 5.41) is 2.29. The van der Waals surface area contributed by atoms with Crippen molar-refractivity contribution in [3.05, 3.63) is 34.9 Å². The summed E-state index contributed by atoms with van der Waals surface area (Å²) >= 11 is 0. The van der Waals surface area contributed by atoms with Crippen LogP contribution in [0.4, 0.5) is 8.78 Å². The summed E-state index contributed by atoms with van der Waals surface area (Å²) in [7, 11) is 0. The van der Waals surface area contributed by atoms with E-state index >= 15 is 0 Å². The predicted molar refractivity (Wildman–Crippen MR) is 98.6 cm³/mol. The molecule has 1 saturated heterocycles. The molecule has 4 rings (SSSR count). The number of nitrogens with two attached hydrogens (primary N) is 1. The lowest BCUT2D eigenvalue weighted by atomic mass is 9.93. The molecule has 2 atom stereocenters. The summed E-state index contributed by atoms with van der Waals surface area (Å²) in [5.74, 6) is -3.22. The zero-order valence-corrected chi connectivity index (χ0v) is 15.8. The fourth-order valence-corrected chi connectivity index (χ4v) is 3.91. The Morgan fingerprint density at radius 3 is 2.57 bits per heavy atom. The van der Waals surface area contributed by atoms with Crippen LogP contribution in [0.2, 0.25) is 0 Å². The van der Waals surface area contributed by atoms with E-state index in [1.54, 1.807) is 11.0 Å². The molecule has 1 aromatic rings. The van der Waals surface area contributed by atoms with Crippen molar-refractivity contribution in [1.82, 2.24) is 10.2 Å². The molecule has 3 amide bonds. The van der Waals surface area contributed by atoms with Gasteiger partial charge in [0.1, 0.15) is 6.04 Å². The average molecular weight is 393 g/mol. The molecule has 0 aromatic heterocycles. The van der Waals surface area contributed by atoms with Gasteiger partial charge in [-0.1, -0.05) is 17.7 Å². The molecule has 6 nitrogen and oxygen atoms in total. The third-order valence-electron chi connectivity index (χ3n) is 5.36. The van der Waals surface area contributed by atoms with E-state index in [0.29, 0.717) is 24.9 Å². The van der Waals surface area contributed by atoms with Gasteiger partial charge in [-0.3, -0.25) is 19.7 Å². The highest BCUT2D eigenvalue weighted by atomic mass is 19.3. The lowest BCUT2D eigenvalue weighted by Crippen LogP contribution is -2.52. The highest BCUT2D eigenvalue weighted by Crippen LogP contribution is 2.32. The zero-order valence-electron chi connectivity index (χ0n) is 15.8. The number of hydrogen-bond donors (Lipinski definition) is 2. The Bertz CT molecular complexity index is 797. The smallest absolute Gasteiger partial charge is 0.255 e. The molecule has 2 unspecified atom stereocenters. The molecule has 2 fully saturated rings. The van der Waals surface area contributed by atoms with Crippen molar-refractivity contribution in [1.29, 1.82) is 0 Å². The van der Waals surface area contributed by atoms with Crippen LogP contribution in [0.3, 0.4) is 0 Å². The van der Waals surface area contributed by atoms with E-state index in [4.69, 9.17) is 5.73 Å². The molecular weight excluding hydrogens is 368 g/mol. The number of imide groups is 1. The first-order valence-electron chi connectivity index (χ1n) is 9.54. The monoisotopic (exact) mass is 393 g/mol. The van der Waals surface area contributed by atoms with Crippen molar-refractivity contribution < 1.29 is 23.2 Å². The first-order chi connectivity index (χ1) is 13.2. The standard InChI is InChI=1S/C14H14N2O3.C6H11F2N/c1-8-2-3-10-9(6-8)7-16(14(10)19)11-4-5-12(17)15-13(11)18;7-6(8)3-1-2-5(9)4-6/h2-3,6,11H,4-5,7H2,1H3,(H,15,17,18);5H,1-4,9H2. The van der Waals surface area contributed by atoms with E-state index < -0.39 is 12.0 Å². The maximum atomic E-state index is 12.4. The number of benzene rings is 1. The minimum absolute atomic E-state index is 0.0285. The van der Waals surface area contributed by atoms with Crippen LogP contribution >= 0.6 is 0 Å². The van der Waals surface area contributed by atoms with Gasteiger partial charge < -0.3 is 10.6 Å². The van der Waals surface area contributed by atoms with E-state index in [1.807, 2.05) is 19.1 Å². The van der Waals surface area contributed by atoms with Crippen LogP contribution in [0.15, 0.2) is 18.2 Å². The third kappa shape index (κ3) is 4.55. The molecule has 3 N–H and O–H groups in total. The van der Waals surface area contributed by atoms with E-state index in [0.717, 1.165) is 17.5 Å². The Morgan fingerprint density at radius 2 is 1.96 bits per heavy atom. The Labute approximate surface area is 162 Å². The van der Waals surface area contributed by atoms with Gasteiger partial charge in [0, 0.05) is 37.4 Å². The quantitative estimate of drug-likeness (QED) is 0.716. The average Bonchev–Trinajstić information content (AvgIpc) is 2.90. The molecule has 1 saturated carbocycles. The number of rotatable bonds is 1. The number of carbonyl (C=O) groups is 3. The van der Waals surface area contributed by atoms with Gasteiger partial charge in [0.05, 0.1) is 0 Å². The Morgan fingerprint density at radius 1 is 1.21 bits per heavy atom. The predicted octanol–water partition coefficient (Wildman–Crippen LogP) is 2.28. The number of nitrogens with zero attached hydrogens (tertiary/aromatic N) is 1. The normalized spacial score (nSPS) is 26.3. The number of aryl methyl sites for hydroxylation is 1. The number of fused-ring (bicyclic) bond motifs is 1. The van der Waals surface area contributed by atoms with Crippen LogP contribution < -0.4 is 11.1 Å². The molecule has 1 aliphatic carbocycles. The third-order valence-corrected chi connectivity index (χ3v) is 5.36. The molecule has 1 aromatic carbocycles. The second-order valence-corrected chi connectivity index (χ2v) is 7.77. The van der Waals surface area contributed by atoms with Gasteiger partial charge in [0.15, 0.2) is 0 Å². The molecule has 152 valence electrons. The topological polar surface area (TPSA) is 92.5 Å². The van der Waals surface area contributed by atoms with Crippen LogP contribution in [-0.2, 0) is 16.1 Å². The highest BCUT2D eigenvalue weighted by Gasteiger charge is 2.39. The van der Waals surface area contributed by atoms with Gasteiger partial charge in [0.25, 0.3) is 5.91 Å². The van der Waals surface area contributed by atoms with Gasteiger partial charge in [-0.2, -0.15) is 0 Å². The van der Waals surface area contributed by atoms with Gasteiger partial charge in [-0.25, -0.2) is 8.78 Å². The van der Waals surface area contributed by atoms with Crippen LogP contribution in [0.5, 0.6) is 0 Å². The van der Waals surface area contributed by atoms with Crippen molar-refractivity contribution in [3.8, 4) is 0 Å². The first kappa shape index (κ1) is 20.4. The molecule has 8 heteroatoms. The van der Waals surface area contributed by atoms with Crippen molar-refractivity contribution in [2.24, 2.45) is 5.73 Å². The number of piperidine rings is 1. The van der Waals surface area contributed by atoms with Crippen LogP contribution in [-0.4, -0.2) is 40.6 Å². The minimum atomic E-state index is -2.47. The van der Waals surface area contributed by atoms with Crippen LogP contribution in [0.25, 0.3) is 0 Å².